The van der Waals surface area contributed by atoms with Gasteiger partial charge in [-0.05, 0) is 94.8 Å². The first-order chi connectivity index (χ1) is 21.3. The molecule has 6 aromatic rings. The van der Waals surface area contributed by atoms with E-state index in [0.717, 1.165) is 64.6 Å². The number of nitrogens with zero attached hydrogens (tertiary/aromatic N) is 1. The molecule has 0 N–H and O–H groups in total. The lowest BCUT2D eigenvalue weighted by Gasteiger charge is -2.20. The minimum atomic E-state index is 0.818. The Hall–Kier alpha value is -5.21. The Labute approximate surface area is 252 Å². The number of ether oxygens (including phenoxy) is 1. The van der Waals surface area contributed by atoms with Gasteiger partial charge in [0.05, 0.1) is 5.69 Å². The Morgan fingerprint density at radius 2 is 1.40 bits per heavy atom. The molecule has 0 spiro atoms. The van der Waals surface area contributed by atoms with Crippen LogP contribution in [0.3, 0.4) is 0 Å². The molecule has 1 heterocycles. The maximum Gasteiger partial charge on any atom is 0.143 e. The highest BCUT2D eigenvalue weighted by Crippen LogP contribution is 2.46. The lowest BCUT2D eigenvalue weighted by atomic mass is 9.87. The smallest absolute Gasteiger partial charge is 0.143 e. The van der Waals surface area contributed by atoms with Gasteiger partial charge in [-0.25, -0.2) is 0 Å². The zero-order chi connectivity index (χ0) is 28.6. The molecule has 2 aliphatic carbocycles. The Kier molecular flexibility index (Phi) is 6.46. The zero-order valence-corrected chi connectivity index (χ0v) is 24.0. The molecule has 0 radical (unpaired) electrons. The van der Waals surface area contributed by atoms with Gasteiger partial charge in [0.2, 0.25) is 0 Å². The third-order valence-corrected chi connectivity index (χ3v) is 8.62. The van der Waals surface area contributed by atoms with E-state index in [1.165, 1.54) is 38.8 Å². The molecular weight excluding hydrogens is 522 g/mol. The Morgan fingerprint density at radius 1 is 0.581 bits per heavy atom. The SMILES string of the molecule is C1=CC(c2ccc3c(Oc4ccccc4)c4cc(-c5ccccc5)ncc4c(-c4ccc5c(c4)CCC=C5)c3c2)=CCC1. The van der Waals surface area contributed by atoms with Crippen molar-refractivity contribution < 1.29 is 4.74 Å². The van der Waals surface area contributed by atoms with Gasteiger partial charge in [0.25, 0.3) is 0 Å². The van der Waals surface area contributed by atoms with Crippen molar-refractivity contribution in [1.82, 2.24) is 4.98 Å². The molecule has 43 heavy (non-hydrogen) atoms. The number of allylic oxidation sites excluding steroid dienone is 5. The molecule has 1 aromatic heterocycles. The number of pyridine rings is 1. The van der Waals surface area contributed by atoms with Crippen LogP contribution in [0.15, 0.2) is 134 Å². The lowest BCUT2D eigenvalue weighted by Crippen LogP contribution is -1.97. The third-order valence-electron chi connectivity index (χ3n) is 8.62. The molecule has 2 heteroatoms. The molecule has 2 nitrogen and oxygen atoms in total. The number of rotatable bonds is 5. The van der Waals surface area contributed by atoms with Crippen LogP contribution in [0, 0.1) is 0 Å². The van der Waals surface area contributed by atoms with E-state index in [-0.39, 0.29) is 0 Å². The second-order valence-electron chi connectivity index (χ2n) is 11.4. The quantitative estimate of drug-likeness (QED) is 0.198. The molecule has 5 aromatic carbocycles. The summed E-state index contributed by atoms with van der Waals surface area (Å²) < 4.78 is 6.80. The first-order valence-electron chi connectivity index (χ1n) is 15.2. The van der Waals surface area contributed by atoms with Gasteiger partial charge in [-0.15, -0.1) is 0 Å². The first-order valence-corrected chi connectivity index (χ1v) is 15.2. The summed E-state index contributed by atoms with van der Waals surface area (Å²) >= 11 is 0. The van der Waals surface area contributed by atoms with Crippen molar-refractivity contribution >= 4 is 33.2 Å². The summed E-state index contributed by atoms with van der Waals surface area (Å²) in [7, 11) is 0. The van der Waals surface area contributed by atoms with Crippen LogP contribution >= 0.6 is 0 Å². The number of hydrogen-bond acceptors (Lipinski definition) is 2. The van der Waals surface area contributed by atoms with E-state index in [1.807, 2.05) is 36.4 Å². The van der Waals surface area contributed by atoms with Gasteiger partial charge >= 0.3 is 0 Å². The predicted octanol–water partition coefficient (Wildman–Crippen LogP) is 11.2. The van der Waals surface area contributed by atoms with Crippen molar-refractivity contribution in [3.63, 3.8) is 0 Å². The topological polar surface area (TPSA) is 22.1 Å². The summed E-state index contributed by atoms with van der Waals surface area (Å²) in [5.41, 5.74) is 9.66. The molecule has 206 valence electrons. The molecule has 0 saturated heterocycles. The van der Waals surface area contributed by atoms with E-state index in [9.17, 15) is 0 Å². The number of hydrogen-bond donors (Lipinski definition) is 0. The van der Waals surface area contributed by atoms with Crippen molar-refractivity contribution in [2.45, 2.75) is 25.7 Å². The number of aryl methyl sites for hydroxylation is 1. The standard InChI is InChI=1S/C41H31NO/c1-4-12-28(13-5-1)32-22-23-35-36(25-32)40(33-21-20-29-14-10-11-17-31(29)24-33)38-27-42-39(30-15-6-2-7-16-30)26-37(38)41(35)43-34-18-8-3-9-19-34/h2-4,6-10,12-16,18-27H,1,5,11,17H2. The number of benzene rings is 5. The summed E-state index contributed by atoms with van der Waals surface area (Å²) in [5, 5.41) is 4.42. The second-order valence-corrected chi connectivity index (χ2v) is 11.4. The number of fused-ring (bicyclic) bond motifs is 3. The van der Waals surface area contributed by atoms with Crippen LogP contribution in [0.5, 0.6) is 11.5 Å². The van der Waals surface area contributed by atoms with Gasteiger partial charge in [-0.2, -0.15) is 0 Å². The van der Waals surface area contributed by atoms with E-state index in [4.69, 9.17) is 9.72 Å². The highest BCUT2D eigenvalue weighted by Gasteiger charge is 2.20. The van der Waals surface area contributed by atoms with Crippen molar-refractivity contribution in [3.05, 3.63) is 150 Å². The predicted molar refractivity (Wildman–Crippen MR) is 180 cm³/mol. The second kappa shape index (κ2) is 10.9. The summed E-state index contributed by atoms with van der Waals surface area (Å²) in [4.78, 5) is 5.03. The Balaban J connectivity index is 1.46. The minimum absolute atomic E-state index is 0.818. The molecule has 0 unspecified atom stereocenters. The average Bonchev–Trinajstić information content (AvgIpc) is 3.09. The summed E-state index contributed by atoms with van der Waals surface area (Å²) in [6, 6.07) is 36.5. The van der Waals surface area contributed by atoms with Gasteiger partial charge in [-0.1, -0.05) is 103 Å². The van der Waals surface area contributed by atoms with E-state index in [1.54, 1.807) is 0 Å². The van der Waals surface area contributed by atoms with Gasteiger partial charge in [0, 0.05) is 27.9 Å². The van der Waals surface area contributed by atoms with E-state index < -0.39 is 0 Å². The Bertz CT molecular complexity index is 2080. The number of aromatic nitrogens is 1. The zero-order valence-electron chi connectivity index (χ0n) is 24.0. The summed E-state index contributed by atoms with van der Waals surface area (Å²) in [5.74, 6) is 1.68. The molecule has 8 rings (SSSR count). The van der Waals surface area contributed by atoms with Crippen LogP contribution in [-0.4, -0.2) is 4.98 Å². The number of para-hydroxylation sites is 1. The van der Waals surface area contributed by atoms with Gasteiger partial charge < -0.3 is 4.74 Å². The summed E-state index contributed by atoms with van der Waals surface area (Å²) in [6.07, 6.45) is 17.8. The van der Waals surface area contributed by atoms with Crippen LogP contribution in [0.1, 0.15) is 36.0 Å². The summed E-state index contributed by atoms with van der Waals surface area (Å²) in [6.45, 7) is 0. The van der Waals surface area contributed by atoms with E-state index in [2.05, 4.69) is 103 Å². The van der Waals surface area contributed by atoms with Gasteiger partial charge in [0.1, 0.15) is 11.5 Å². The molecule has 0 atom stereocenters. The fourth-order valence-corrected chi connectivity index (χ4v) is 6.47. The van der Waals surface area contributed by atoms with Crippen LogP contribution in [-0.2, 0) is 6.42 Å². The molecule has 0 fully saturated rings. The van der Waals surface area contributed by atoms with E-state index >= 15 is 0 Å². The fourth-order valence-electron chi connectivity index (χ4n) is 6.47. The van der Waals surface area contributed by atoms with E-state index in [0.29, 0.717) is 0 Å². The lowest BCUT2D eigenvalue weighted by molar-refractivity contribution is 0.494. The van der Waals surface area contributed by atoms with Crippen LogP contribution < -0.4 is 4.74 Å². The van der Waals surface area contributed by atoms with Crippen molar-refractivity contribution in [3.8, 4) is 33.9 Å². The van der Waals surface area contributed by atoms with Crippen LogP contribution in [0.25, 0.3) is 55.6 Å². The maximum absolute atomic E-state index is 6.80. The highest BCUT2D eigenvalue weighted by molar-refractivity contribution is 6.18. The molecule has 0 bridgehead atoms. The fraction of sp³-hybridized carbons (Fsp3) is 0.0976. The van der Waals surface area contributed by atoms with Gasteiger partial charge in [0.15, 0.2) is 0 Å². The van der Waals surface area contributed by atoms with Crippen molar-refractivity contribution in [2.75, 3.05) is 0 Å². The normalized spacial score (nSPS) is 14.1. The maximum atomic E-state index is 6.80. The van der Waals surface area contributed by atoms with Crippen molar-refractivity contribution in [1.29, 1.82) is 0 Å². The highest BCUT2D eigenvalue weighted by atomic mass is 16.5. The van der Waals surface area contributed by atoms with Crippen LogP contribution in [0.2, 0.25) is 0 Å². The molecule has 2 aliphatic rings. The monoisotopic (exact) mass is 553 g/mol. The average molecular weight is 554 g/mol. The molecular formula is C41H31NO. The Morgan fingerprint density at radius 3 is 2.23 bits per heavy atom. The molecule has 0 amide bonds. The van der Waals surface area contributed by atoms with Crippen LogP contribution in [0.4, 0.5) is 0 Å². The minimum Gasteiger partial charge on any atom is -0.456 e. The molecule has 0 aliphatic heterocycles. The van der Waals surface area contributed by atoms with Crippen molar-refractivity contribution in [2.24, 2.45) is 0 Å². The van der Waals surface area contributed by atoms with Gasteiger partial charge in [-0.3, -0.25) is 4.98 Å². The largest absolute Gasteiger partial charge is 0.456 e. The first kappa shape index (κ1) is 25.5. The third kappa shape index (κ3) is 4.75. The molecule has 0 saturated carbocycles.